The lowest BCUT2D eigenvalue weighted by atomic mass is 9.77. The predicted molar refractivity (Wildman–Crippen MR) is 105 cm³/mol. The Bertz CT molecular complexity index is 769. The maximum absolute atomic E-state index is 6.25. The van der Waals surface area contributed by atoms with E-state index in [9.17, 15) is 0 Å². The maximum atomic E-state index is 6.25. The Labute approximate surface area is 156 Å². The molecule has 3 nitrogen and oxygen atoms in total. The van der Waals surface area contributed by atoms with Gasteiger partial charge in [-0.05, 0) is 63.2 Å². The monoisotopic (exact) mass is 350 g/mol. The van der Waals surface area contributed by atoms with E-state index in [1.807, 2.05) is 0 Å². The van der Waals surface area contributed by atoms with Gasteiger partial charge in [-0.15, -0.1) is 0 Å². The van der Waals surface area contributed by atoms with Gasteiger partial charge in [0, 0.05) is 6.42 Å². The van der Waals surface area contributed by atoms with Gasteiger partial charge in [0.2, 0.25) is 0 Å². The summed E-state index contributed by atoms with van der Waals surface area (Å²) >= 11 is 0. The third-order valence-electron chi connectivity index (χ3n) is 5.95. The average Bonchev–Trinajstić information content (AvgIpc) is 2.83. The van der Waals surface area contributed by atoms with Crippen LogP contribution in [0.4, 0.5) is 0 Å². The van der Waals surface area contributed by atoms with Crippen molar-refractivity contribution in [3.05, 3.63) is 59.7 Å². The van der Waals surface area contributed by atoms with Gasteiger partial charge in [0.15, 0.2) is 0 Å². The predicted octanol–water partition coefficient (Wildman–Crippen LogP) is 3.92. The largest absolute Gasteiger partial charge is 0.494 e. The molecule has 2 aliphatic rings. The van der Waals surface area contributed by atoms with Crippen LogP contribution in [0.1, 0.15) is 45.2 Å². The van der Waals surface area contributed by atoms with E-state index in [2.05, 4.69) is 76.2 Å². The Morgan fingerprint density at radius 2 is 1.65 bits per heavy atom. The SMILES string of the molecule is CC1(C)OB(c2ccc3c(c2)CCC(Cc2ccccc2)O3)OC1(C)C. The summed E-state index contributed by atoms with van der Waals surface area (Å²) in [6.07, 6.45) is 3.27. The fraction of sp³-hybridized carbons (Fsp3) is 0.455. The van der Waals surface area contributed by atoms with Gasteiger partial charge in [-0.3, -0.25) is 0 Å². The van der Waals surface area contributed by atoms with Crippen LogP contribution in [-0.4, -0.2) is 24.4 Å². The van der Waals surface area contributed by atoms with Crippen molar-refractivity contribution in [1.82, 2.24) is 0 Å². The molecule has 136 valence electrons. The van der Waals surface area contributed by atoms with Gasteiger partial charge in [-0.1, -0.05) is 42.5 Å². The zero-order chi connectivity index (χ0) is 18.4. The molecule has 2 aliphatic heterocycles. The molecule has 0 N–H and O–H groups in total. The molecule has 0 amide bonds. The topological polar surface area (TPSA) is 27.7 Å². The van der Waals surface area contributed by atoms with Gasteiger partial charge < -0.3 is 14.0 Å². The van der Waals surface area contributed by atoms with E-state index in [0.717, 1.165) is 30.5 Å². The number of ether oxygens (including phenoxy) is 1. The van der Waals surface area contributed by atoms with Crippen LogP contribution in [0, 0.1) is 0 Å². The molecule has 26 heavy (non-hydrogen) atoms. The zero-order valence-electron chi connectivity index (χ0n) is 16.1. The van der Waals surface area contributed by atoms with Crippen LogP contribution in [-0.2, 0) is 22.2 Å². The molecule has 0 radical (unpaired) electrons. The smallest absolute Gasteiger partial charge is 0.490 e. The molecule has 4 rings (SSSR count). The summed E-state index contributed by atoms with van der Waals surface area (Å²) in [5.74, 6) is 0.998. The van der Waals surface area contributed by atoms with Crippen LogP contribution in [0.5, 0.6) is 5.75 Å². The molecule has 1 saturated heterocycles. The van der Waals surface area contributed by atoms with Crippen LogP contribution in [0.25, 0.3) is 0 Å². The average molecular weight is 350 g/mol. The second-order valence-corrected chi connectivity index (χ2v) is 8.42. The highest BCUT2D eigenvalue weighted by Gasteiger charge is 2.51. The molecule has 2 aromatic rings. The second-order valence-electron chi connectivity index (χ2n) is 8.42. The van der Waals surface area contributed by atoms with E-state index in [4.69, 9.17) is 14.0 Å². The van der Waals surface area contributed by atoms with E-state index < -0.39 is 0 Å². The number of aryl methyl sites for hydroxylation is 1. The van der Waals surface area contributed by atoms with Crippen molar-refractivity contribution in [2.75, 3.05) is 0 Å². The summed E-state index contributed by atoms with van der Waals surface area (Å²) in [4.78, 5) is 0. The number of rotatable bonds is 3. The summed E-state index contributed by atoms with van der Waals surface area (Å²) in [5, 5.41) is 0. The molecule has 1 unspecified atom stereocenters. The number of hydrogen-bond acceptors (Lipinski definition) is 3. The van der Waals surface area contributed by atoms with Crippen molar-refractivity contribution in [1.29, 1.82) is 0 Å². The normalized spacial score (nSPS) is 23.4. The molecule has 0 saturated carbocycles. The Morgan fingerprint density at radius 1 is 0.962 bits per heavy atom. The van der Waals surface area contributed by atoms with E-state index >= 15 is 0 Å². The molecule has 0 spiro atoms. The Balaban J connectivity index is 1.48. The first-order chi connectivity index (χ1) is 12.3. The Hall–Kier alpha value is -1.78. The highest BCUT2D eigenvalue weighted by Crippen LogP contribution is 2.37. The second kappa shape index (κ2) is 6.43. The molecule has 1 fully saturated rings. The molecular weight excluding hydrogens is 323 g/mol. The minimum Gasteiger partial charge on any atom is -0.490 e. The van der Waals surface area contributed by atoms with Gasteiger partial charge in [0.1, 0.15) is 11.9 Å². The summed E-state index contributed by atoms with van der Waals surface area (Å²) in [7, 11) is -0.313. The van der Waals surface area contributed by atoms with Gasteiger partial charge in [-0.25, -0.2) is 0 Å². The number of benzene rings is 2. The van der Waals surface area contributed by atoms with Crippen LogP contribution in [0.2, 0.25) is 0 Å². The van der Waals surface area contributed by atoms with Gasteiger partial charge >= 0.3 is 7.12 Å². The zero-order valence-corrected chi connectivity index (χ0v) is 16.1. The highest BCUT2D eigenvalue weighted by molar-refractivity contribution is 6.62. The fourth-order valence-corrected chi connectivity index (χ4v) is 3.61. The lowest BCUT2D eigenvalue weighted by molar-refractivity contribution is 0.00578. The molecule has 0 bridgehead atoms. The van der Waals surface area contributed by atoms with Crippen molar-refractivity contribution in [3.8, 4) is 5.75 Å². The third kappa shape index (κ3) is 3.28. The van der Waals surface area contributed by atoms with E-state index in [1.54, 1.807) is 0 Å². The molecule has 0 aliphatic carbocycles. The van der Waals surface area contributed by atoms with Crippen LogP contribution >= 0.6 is 0 Å². The molecule has 4 heteroatoms. The number of fused-ring (bicyclic) bond motifs is 1. The third-order valence-corrected chi connectivity index (χ3v) is 5.95. The van der Waals surface area contributed by atoms with Crippen LogP contribution in [0.3, 0.4) is 0 Å². The molecule has 0 aromatic heterocycles. The van der Waals surface area contributed by atoms with Gasteiger partial charge in [0.25, 0.3) is 0 Å². The molecule has 2 aromatic carbocycles. The van der Waals surface area contributed by atoms with Crippen LogP contribution in [0.15, 0.2) is 48.5 Å². The molecule has 2 heterocycles. The Kier molecular flexibility index (Phi) is 4.36. The summed E-state index contributed by atoms with van der Waals surface area (Å²) in [6, 6.07) is 16.9. The standard InChI is InChI=1S/C22H27BO3/c1-21(2)22(3,4)26-23(25-21)18-11-13-20-17(15-18)10-12-19(24-20)14-16-8-6-5-7-9-16/h5-9,11,13,15,19H,10,12,14H2,1-4H3. The molecule has 1 atom stereocenters. The first-order valence-electron chi connectivity index (χ1n) is 9.53. The lowest BCUT2D eigenvalue weighted by Gasteiger charge is -2.32. The van der Waals surface area contributed by atoms with E-state index in [0.29, 0.717) is 0 Å². The summed E-state index contributed by atoms with van der Waals surface area (Å²) in [5.41, 5.74) is 3.03. The van der Waals surface area contributed by atoms with Gasteiger partial charge in [0.05, 0.1) is 11.2 Å². The fourth-order valence-electron chi connectivity index (χ4n) is 3.61. The minimum atomic E-state index is -0.315. The van der Waals surface area contributed by atoms with E-state index in [-0.39, 0.29) is 24.4 Å². The summed E-state index contributed by atoms with van der Waals surface area (Å²) < 4.78 is 18.6. The van der Waals surface area contributed by atoms with Crippen molar-refractivity contribution in [2.45, 2.75) is 64.3 Å². The quantitative estimate of drug-likeness (QED) is 0.786. The van der Waals surface area contributed by atoms with E-state index in [1.165, 1.54) is 11.1 Å². The number of hydrogen-bond donors (Lipinski definition) is 0. The van der Waals surface area contributed by atoms with Crippen molar-refractivity contribution < 1.29 is 14.0 Å². The van der Waals surface area contributed by atoms with Crippen molar-refractivity contribution in [2.24, 2.45) is 0 Å². The highest BCUT2D eigenvalue weighted by atomic mass is 16.7. The van der Waals surface area contributed by atoms with Crippen LogP contribution < -0.4 is 10.2 Å². The summed E-state index contributed by atoms with van der Waals surface area (Å²) in [6.45, 7) is 8.34. The first kappa shape index (κ1) is 17.6. The first-order valence-corrected chi connectivity index (χ1v) is 9.53. The minimum absolute atomic E-state index is 0.243. The maximum Gasteiger partial charge on any atom is 0.494 e. The molecular formula is C22H27BO3. The lowest BCUT2D eigenvalue weighted by Crippen LogP contribution is -2.41. The Morgan fingerprint density at radius 3 is 2.35 bits per heavy atom. The van der Waals surface area contributed by atoms with Crippen molar-refractivity contribution in [3.63, 3.8) is 0 Å². The van der Waals surface area contributed by atoms with Gasteiger partial charge in [-0.2, -0.15) is 0 Å². The van der Waals surface area contributed by atoms with Crippen molar-refractivity contribution >= 4 is 12.6 Å².